The van der Waals surface area contributed by atoms with Crippen LogP contribution in [-0.4, -0.2) is 61.6 Å². The van der Waals surface area contributed by atoms with E-state index in [0.717, 1.165) is 36.6 Å². The van der Waals surface area contributed by atoms with Crippen molar-refractivity contribution in [3.63, 3.8) is 0 Å². The number of alkyl halides is 3. The topological polar surface area (TPSA) is 82.1 Å². The summed E-state index contributed by atoms with van der Waals surface area (Å²) in [4.78, 5) is 21.7. The fraction of sp³-hybridized carbons (Fsp3) is 0.381. The third-order valence-corrected chi connectivity index (χ3v) is 5.43. The summed E-state index contributed by atoms with van der Waals surface area (Å²) in [6, 6.07) is 7.12. The molecule has 0 spiro atoms. The Bertz CT molecular complexity index is 996. The van der Waals surface area contributed by atoms with Crippen molar-refractivity contribution in [2.45, 2.75) is 24.9 Å². The average molecular weight is 448 g/mol. The molecule has 1 fully saturated rings. The van der Waals surface area contributed by atoms with Gasteiger partial charge in [-0.05, 0) is 44.4 Å². The Morgan fingerprint density at radius 1 is 1.25 bits per heavy atom. The number of hydrogen-bond acceptors (Lipinski definition) is 7. The van der Waals surface area contributed by atoms with Crippen LogP contribution in [0.2, 0.25) is 0 Å². The molecule has 1 atom stereocenters. The monoisotopic (exact) mass is 448 g/mol. The maximum Gasteiger partial charge on any atom is 0.573 e. The van der Waals surface area contributed by atoms with Gasteiger partial charge in [-0.3, -0.25) is 4.79 Å². The van der Waals surface area contributed by atoms with Gasteiger partial charge in [-0.15, -0.1) is 13.2 Å². The first-order valence-electron chi connectivity index (χ1n) is 10.0. The molecule has 1 aromatic heterocycles. The molecule has 1 unspecified atom stereocenters. The van der Waals surface area contributed by atoms with E-state index in [4.69, 9.17) is 0 Å². The minimum atomic E-state index is -4.77. The van der Waals surface area contributed by atoms with E-state index in [-0.39, 0.29) is 11.8 Å². The number of halogens is 3. The lowest BCUT2D eigenvalue weighted by atomic mass is 10.0. The van der Waals surface area contributed by atoms with Crippen molar-refractivity contribution in [1.82, 2.24) is 15.3 Å². The Hall–Kier alpha value is -3.34. The number of nitrogens with one attached hydrogen (secondary N) is 2. The number of likely N-dealkylation sites (N-methyl/N-ethyl adjacent to an activating group) is 1. The van der Waals surface area contributed by atoms with E-state index in [1.807, 2.05) is 14.1 Å². The smallest absolute Gasteiger partial charge is 0.406 e. The van der Waals surface area contributed by atoms with Gasteiger partial charge in [-0.2, -0.15) is 5.10 Å². The second-order valence-electron chi connectivity index (χ2n) is 7.91. The highest BCUT2D eigenvalue weighted by molar-refractivity contribution is 6.04. The summed E-state index contributed by atoms with van der Waals surface area (Å²) in [6.07, 6.45) is -0.792. The Labute approximate surface area is 183 Å². The van der Waals surface area contributed by atoms with Crippen molar-refractivity contribution in [3.8, 4) is 5.75 Å². The number of nitrogens with zero attached hydrogens (tertiary/aromatic N) is 4. The molecule has 0 bridgehead atoms. The van der Waals surface area contributed by atoms with Crippen molar-refractivity contribution < 1.29 is 22.7 Å². The zero-order valence-electron chi connectivity index (χ0n) is 17.6. The highest BCUT2D eigenvalue weighted by atomic mass is 19.4. The van der Waals surface area contributed by atoms with Crippen molar-refractivity contribution in [3.05, 3.63) is 47.7 Å². The summed E-state index contributed by atoms with van der Waals surface area (Å²) in [5.41, 5.74) is 4.61. The van der Waals surface area contributed by atoms with Crippen molar-refractivity contribution >= 4 is 23.6 Å². The fourth-order valence-electron chi connectivity index (χ4n) is 3.57. The maximum atomic E-state index is 12.8. The molecule has 0 radical (unpaired) electrons. The van der Waals surface area contributed by atoms with Crippen molar-refractivity contribution in [2.24, 2.45) is 5.10 Å². The van der Waals surface area contributed by atoms with E-state index in [9.17, 15) is 18.0 Å². The van der Waals surface area contributed by atoms with Crippen molar-refractivity contribution in [1.29, 1.82) is 0 Å². The summed E-state index contributed by atoms with van der Waals surface area (Å²) in [5.74, 6) is 0.0430. The number of amides is 1. The van der Waals surface area contributed by atoms with E-state index in [1.54, 1.807) is 12.3 Å². The van der Waals surface area contributed by atoms with Crippen LogP contribution >= 0.6 is 0 Å². The molecule has 2 aromatic rings. The largest absolute Gasteiger partial charge is 0.573 e. The van der Waals surface area contributed by atoms with Gasteiger partial charge in [-0.1, -0.05) is 0 Å². The number of aromatic nitrogens is 1. The molecule has 3 heterocycles. The molecule has 170 valence electrons. The van der Waals surface area contributed by atoms with Crippen LogP contribution in [0.15, 0.2) is 41.6 Å². The lowest BCUT2D eigenvalue weighted by Crippen LogP contribution is -2.58. The number of carbonyl (C=O) groups is 1. The van der Waals surface area contributed by atoms with Gasteiger partial charge < -0.3 is 25.3 Å². The molecular weight excluding hydrogens is 425 g/mol. The molecule has 4 rings (SSSR count). The number of benzene rings is 1. The third kappa shape index (κ3) is 4.93. The average Bonchev–Trinajstić information content (AvgIpc) is 3.22. The third-order valence-electron chi connectivity index (χ3n) is 5.43. The van der Waals surface area contributed by atoms with Gasteiger partial charge in [0, 0.05) is 49.2 Å². The summed E-state index contributed by atoms with van der Waals surface area (Å²) < 4.78 is 40.7. The molecule has 1 saturated heterocycles. The van der Waals surface area contributed by atoms with Gasteiger partial charge >= 0.3 is 6.36 Å². The highest BCUT2D eigenvalue weighted by Crippen LogP contribution is 2.32. The fourth-order valence-corrected chi connectivity index (χ4v) is 3.57. The van der Waals surface area contributed by atoms with Crippen LogP contribution in [0.4, 0.5) is 24.7 Å². The molecule has 11 heteroatoms. The number of rotatable bonds is 6. The second-order valence-corrected chi connectivity index (χ2v) is 7.91. The minimum absolute atomic E-state index is 0.0811. The second kappa shape index (κ2) is 8.65. The van der Waals surface area contributed by atoms with Crippen LogP contribution in [0.3, 0.4) is 0 Å². The molecule has 2 N–H and O–H groups in total. The summed E-state index contributed by atoms with van der Waals surface area (Å²) in [6.45, 7) is 1.69. The van der Waals surface area contributed by atoms with Crippen LogP contribution in [0.1, 0.15) is 28.4 Å². The van der Waals surface area contributed by atoms with Gasteiger partial charge in [0.15, 0.2) is 0 Å². The Morgan fingerprint density at radius 2 is 1.97 bits per heavy atom. The van der Waals surface area contributed by atoms with E-state index in [2.05, 4.69) is 35.4 Å². The maximum absolute atomic E-state index is 12.8. The molecule has 0 saturated carbocycles. The normalized spacial score (nSPS) is 18.4. The predicted octanol–water partition coefficient (Wildman–Crippen LogP) is 3.00. The number of hydrazone groups is 1. The quantitative estimate of drug-likeness (QED) is 0.707. The number of hydrogen-bond donors (Lipinski definition) is 2. The standard InChI is InChI=1S/C21H23F3N6O2/c1-29(2)15-11-30(12-15)19-17(18-7-8-26-28-18)9-13(10-25-19)20(31)27-14-3-5-16(6-4-14)32-21(22,23)24/h3-6,8-10,15,18,28H,7,11-12H2,1-2H3,(H,27,31). The summed E-state index contributed by atoms with van der Waals surface area (Å²) in [7, 11) is 4.08. The van der Waals surface area contributed by atoms with Crippen LogP contribution in [0.25, 0.3) is 0 Å². The zero-order valence-corrected chi connectivity index (χ0v) is 17.6. The number of carbonyl (C=O) groups excluding carboxylic acids is 1. The van der Waals surface area contributed by atoms with E-state index >= 15 is 0 Å². The molecule has 0 aliphatic carbocycles. The van der Waals surface area contributed by atoms with E-state index in [1.165, 1.54) is 18.3 Å². The van der Waals surface area contributed by atoms with Crippen LogP contribution in [-0.2, 0) is 0 Å². The van der Waals surface area contributed by atoms with Gasteiger partial charge in [0.05, 0.1) is 11.6 Å². The van der Waals surface area contributed by atoms with Crippen molar-refractivity contribution in [2.75, 3.05) is 37.4 Å². The molecule has 2 aliphatic rings. The number of anilines is 2. The lowest BCUT2D eigenvalue weighted by Gasteiger charge is -2.44. The first-order chi connectivity index (χ1) is 15.2. The predicted molar refractivity (Wildman–Crippen MR) is 114 cm³/mol. The minimum Gasteiger partial charge on any atom is -0.406 e. The van der Waals surface area contributed by atoms with Gasteiger partial charge in [0.2, 0.25) is 0 Å². The lowest BCUT2D eigenvalue weighted by molar-refractivity contribution is -0.274. The zero-order chi connectivity index (χ0) is 22.9. The van der Waals surface area contributed by atoms with Crippen LogP contribution < -0.4 is 20.4 Å². The summed E-state index contributed by atoms with van der Waals surface area (Å²) in [5, 5.41) is 6.76. The van der Waals surface area contributed by atoms with Crippen LogP contribution in [0, 0.1) is 0 Å². The molecule has 32 heavy (non-hydrogen) atoms. The highest BCUT2D eigenvalue weighted by Gasteiger charge is 2.33. The van der Waals surface area contributed by atoms with E-state index < -0.39 is 12.3 Å². The first-order valence-corrected chi connectivity index (χ1v) is 10.0. The molecular formula is C21H23F3N6O2. The molecule has 2 aliphatic heterocycles. The first kappa shape index (κ1) is 21.9. The Kier molecular flexibility index (Phi) is 5.92. The van der Waals surface area contributed by atoms with Gasteiger partial charge in [0.1, 0.15) is 11.6 Å². The molecule has 1 amide bonds. The van der Waals surface area contributed by atoms with Gasteiger partial charge in [-0.25, -0.2) is 4.98 Å². The van der Waals surface area contributed by atoms with Crippen LogP contribution in [0.5, 0.6) is 5.75 Å². The Morgan fingerprint density at radius 3 is 2.56 bits per heavy atom. The van der Waals surface area contributed by atoms with Gasteiger partial charge in [0.25, 0.3) is 5.91 Å². The van der Waals surface area contributed by atoms with E-state index in [0.29, 0.717) is 23.7 Å². The Balaban J connectivity index is 1.49. The summed E-state index contributed by atoms with van der Waals surface area (Å²) >= 11 is 0. The SMILES string of the molecule is CN(C)C1CN(c2ncc(C(=O)Nc3ccc(OC(F)(F)F)cc3)cc2C2CC=NN2)C1. The number of ether oxygens (including phenoxy) is 1. The molecule has 1 aromatic carbocycles. The number of pyridine rings is 1. The molecule has 8 nitrogen and oxygen atoms in total.